The number of hydrogen-bond donors (Lipinski definition) is 0. The minimum atomic E-state index is -3.44. The van der Waals surface area contributed by atoms with Crippen molar-refractivity contribution in [3.05, 3.63) is 57.8 Å². The number of amides is 1. The maximum Gasteiger partial charge on any atom is 0.238 e. The lowest BCUT2D eigenvalue weighted by Crippen LogP contribution is -2.47. The van der Waals surface area contributed by atoms with Crippen molar-refractivity contribution >= 4 is 27.3 Å². The molecule has 0 fully saturated rings. The molecule has 0 N–H and O–H groups in total. The Labute approximate surface area is 165 Å². The molecule has 7 heteroatoms. The first-order chi connectivity index (χ1) is 12.8. The van der Waals surface area contributed by atoms with Crippen LogP contribution in [0.3, 0.4) is 0 Å². The number of rotatable bonds is 6. The van der Waals surface area contributed by atoms with Crippen LogP contribution in [0.15, 0.2) is 41.8 Å². The first-order valence-electron chi connectivity index (χ1n) is 9.13. The predicted octanol–water partition coefficient (Wildman–Crippen LogP) is 3.14. The average Bonchev–Trinajstić information content (AvgIpc) is 3.08. The van der Waals surface area contributed by atoms with Gasteiger partial charge in [0, 0.05) is 18.0 Å². The molecule has 27 heavy (non-hydrogen) atoms. The van der Waals surface area contributed by atoms with Crippen LogP contribution in [0, 0.1) is 5.92 Å². The third-order valence-corrected chi connectivity index (χ3v) is 6.96. The van der Waals surface area contributed by atoms with Gasteiger partial charge in [-0.15, -0.1) is 11.3 Å². The molecule has 146 valence electrons. The van der Waals surface area contributed by atoms with Crippen LogP contribution in [-0.4, -0.2) is 49.4 Å². The largest absolute Gasteiger partial charge is 0.330 e. The van der Waals surface area contributed by atoms with E-state index in [2.05, 4.69) is 11.4 Å². The van der Waals surface area contributed by atoms with Gasteiger partial charge in [-0.05, 0) is 34.9 Å². The zero-order valence-electron chi connectivity index (χ0n) is 16.0. The van der Waals surface area contributed by atoms with Gasteiger partial charge in [0.1, 0.15) is 0 Å². The lowest BCUT2D eigenvalue weighted by molar-refractivity contribution is -0.133. The Morgan fingerprint density at radius 2 is 1.96 bits per heavy atom. The van der Waals surface area contributed by atoms with Crippen LogP contribution in [-0.2, 0) is 21.2 Å². The fourth-order valence-electron chi connectivity index (χ4n) is 3.55. The van der Waals surface area contributed by atoms with Gasteiger partial charge in [0.05, 0.1) is 18.8 Å². The van der Waals surface area contributed by atoms with Gasteiger partial charge in [0.25, 0.3) is 0 Å². The third-order valence-electron chi connectivity index (χ3n) is 4.75. The highest BCUT2D eigenvalue weighted by Gasteiger charge is 2.34. The minimum absolute atomic E-state index is 0.111. The van der Waals surface area contributed by atoms with Crippen molar-refractivity contribution in [3.8, 4) is 0 Å². The van der Waals surface area contributed by atoms with E-state index in [-0.39, 0.29) is 24.4 Å². The van der Waals surface area contributed by atoms with Gasteiger partial charge in [-0.3, -0.25) is 4.79 Å². The van der Waals surface area contributed by atoms with E-state index in [0.29, 0.717) is 13.1 Å². The van der Waals surface area contributed by atoms with Crippen molar-refractivity contribution in [2.45, 2.75) is 26.3 Å². The summed E-state index contributed by atoms with van der Waals surface area (Å²) in [5.41, 5.74) is 2.21. The molecule has 0 aliphatic carbocycles. The van der Waals surface area contributed by atoms with E-state index in [9.17, 15) is 13.2 Å². The quantitative estimate of drug-likeness (QED) is 0.741. The summed E-state index contributed by atoms with van der Waals surface area (Å²) in [5.74, 6) is 0.00838. The Morgan fingerprint density at radius 1 is 1.26 bits per heavy atom. The summed E-state index contributed by atoms with van der Waals surface area (Å²) in [6.07, 6.45) is 1.98. The highest BCUT2D eigenvalue weighted by molar-refractivity contribution is 7.88. The molecule has 0 saturated heterocycles. The Balaban J connectivity index is 1.91. The smallest absolute Gasteiger partial charge is 0.238 e. The van der Waals surface area contributed by atoms with E-state index in [0.717, 1.165) is 17.5 Å². The summed E-state index contributed by atoms with van der Waals surface area (Å²) in [5, 5.41) is 2.07. The first-order valence-corrected chi connectivity index (χ1v) is 11.9. The number of sulfonamides is 1. The molecule has 0 bridgehead atoms. The Morgan fingerprint density at radius 3 is 2.59 bits per heavy atom. The SMILES string of the molecule is CC(C)CN(CC(=O)N1CCc2sccc2C1c1ccccc1)S(C)(=O)=O. The topological polar surface area (TPSA) is 57.7 Å². The molecule has 3 rings (SSSR count). The van der Waals surface area contributed by atoms with Gasteiger partial charge in [-0.2, -0.15) is 4.31 Å². The van der Waals surface area contributed by atoms with Crippen LogP contribution in [0.1, 0.15) is 35.9 Å². The van der Waals surface area contributed by atoms with Crippen LogP contribution < -0.4 is 0 Å². The van der Waals surface area contributed by atoms with Crippen LogP contribution >= 0.6 is 11.3 Å². The molecule has 1 aromatic heterocycles. The maximum atomic E-state index is 13.2. The lowest BCUT2D eigenvalue weighted by Gasteiger charge is -2.37. The van der Waals surface area contributed by atoms with E-state index in [1.165, 1.54) is 15.4 Å². The lowest BCUT2D eigenvalue weighted by atomic mass is 9.93. The number of hydrogen-bond acceptors (Lipinski definition) is 4. The van der Waals surface area contributed by atoms with Crippen molar-refractivity contribution in [2.75, 3.05) is 25.9 Å². The Hall–Kier alpha value is -1.70. The molecule has 1 aliphatic rings. The number of thiophene rings is 1. The monoisotopic (exact) mass is 406 g/mol. The summed E-state index contributed by atoms with van der Waals surface area (Å²) in [6, 6.07) is 11.9. The van der Waals surface area contributed by atoms with E-state index in [1.54, 1.807) is 11.3 Å². The summed E-state index contributed by atoms with van der Waals surface area (Å²) in [4.78, 5) is 16.3. The van der Waals surface area contributed by atoms with Crippen molar-refractivity contribution in [1.82, 2.24) is 9.21 Å². The second-order valence-electron chi connectivity index (χ2n) is 7.40. The van der Waals surface area contributed by atoms with Crippen LogP contribution in [0.5, 0.6) is 0 Å². The number of benzene rings is 1. The van der Waals surface area contributed by atoms with Crippen molar-refractivity contribution in [3.63, 3.8) is 0 Å². The van der Waals surface area contributed by atoms with Crippen molar-refractivity contribution in [2.24, 2.45) is 5.92 Å². The minimum Gasteiger partial charge on any atom is -0.330 e. The molecule has 1 aromatic carbocycles. The van der Waals surface area contributed by atoms with Crippen LogP contribution in [0.2, 0.25) is 0 Å². The molecule has 1 unspecified atom stereocenters. The van der Waals surface area contributed by atoms with E-state index in [4.69, 9.17) is 0 Å². The second-order valence-corrected chi connectivity index (χ2v) is 10.4. The zero-order chi connectivity index (χ0) is 19.6. The van der Waals surface area contributed by atoms with Gasteiger partial charge in [-0.1, -0.05) is 44.2 Å². The van der Waals surface area contributed by atoms with Gasteiger partial charge in [0.2, 0.25) is 15.9 Å². The van der Waals surface area contributed by atoms with Gasteiger partial charge in [-0.25, -0.2) is 8.42 Å². The molecule has 5 nitrogen and oxygen atoms in total. The fraction of sp³-hybridized carbons (Fsp3) is 0.450. The summed E-state index contributed by atoms with van der Waals surface area (Å²) in [7, 11) is -3.44. The predicted molar refractivity (Wildman–Crippen MR) is 109 cm³/mol. The summed E-state index contributed by atoms with van der Waals surface area (Å²) < 4.78 is 25.6. The fourth-order valence-corrected chi connectivity index (χ4v) is 5.36. The standard InChI is InChI=1S/C20H26N2O3S2/c1-15(2)13-21(27(3,24)25)14-19(23)22-11-9-18-17(10-12-26-18)20(22)16-7-5-4-6-8-16/h4-8,10,12,15,20H,9,11,13-14H2,1-3H3. The molecule has 2 heterocycles. The van der Waals surface area contributed by atoms with Crippen LogP contribution in [0.25, 0.3) is 0 Å². The summed E-state index contributed by atoms with van der Waals surface area (Å²) >= 11 is 1.72. The van der Waals surface area contributed by atoms with Crippen molar-refractivity contribution in [1.29, 1.82) is 0 Å². The van der Waals surface area contributed by atoms with Gasteiger partial charge >= 0.3 is 0 Å². The normalized spacial score (nSPS) is 17.4. The molecule has 0 saturated carbocycles. The first kappa shape index (κ1) is 20.0. The molecule has 2 aromatic rings. The molecule has 1 atom stereocenters. The average molecular weight is 407 g/mol. The molecule has 1 aliphatic heterocycles. The molecular weight excluding hydrogens is 380 g/mol. The highest BCUT2D eigenvalue weighted by atomic mass is 32.2. The van der Waals surface area contributed by atoms with E-state index < -0.39 is 10.0 Å². The van der Waals surface area contributed by atoms with Crippen molar-refractivity contribution < 1.29 is 13.2 Å². The van der Waals surface area contributed by atoms with Gasteiger partial charge < -0.3 is 4.90 Å². The Bertz CT molecular complexity index is 891. The maximum absolute atomic E-state index is 13.2. The molecular formula is C20H26N2O3S2. The molecule has 1 amide bonds. The third kappa shape index (κ3) is 4.59. The molecule has 0 spiro atoms. The second kappa shape index (κ2) is 8.12. The zero-order valence-corrected chi connectivity index (χ0v) is 17.6. The number of fused-ring (bicyclic) bond motifs is 1. The van der Waals surface area contributed by atoms with Gasteiger partial charge in [0.15, 0.2) is 0 Å². The number of carbonyl (C=O) groups excluding carboxylic acids is 1. The van der Waals surface area contributed by atoms with Crippen LogP contribution in [0.4, 0.5) is 0 Å². The van der Waals surface area contributed by atoms with E-state index in [1.807, 2.05) is 49.1 Å². The van der Waals surface area contributed by atoms with E-state index >= 15 is 0 Å². The Kier molecular flexibility index (Phi) is 6.03. The summed E-state index contributed by atoms with van der Waals surface area (Å²) in [6.45, 7) is 4.74. The number of nitrogens with zero attached hydrogens (tertiary/aromatic N) is 2. The number of carbonyl (C=O) groups is 1. The molecule has 0 radical (unpaired) electrons. The highest BCUT2D eigenvalue weighted by Crippen LogP contribution is 2.37.